The lowest BCUT2D eigenvalue weighted by atomic mass is 9.70. The first-order chi connectivity index (χ1) is 21.1. The standard InChI is InChI=1S/C34H48BrN3O5S/c1-7-12-19-36(17-8-2)33(42)30-34-20-25(35)29(44-34)27(28(34)32(41)38(30)26(21-39)22(6)10-4)31(40)37(18-9-3)23-13-15-24(16-14-23)43-11-5/h8-9,13-16,22,25-30,39H,2-3,7,10-12,17-21H2,1,4-6H3/t22-,25?,26-,27+,28-,29+,30?,34?/m0/s1. The summed E-state index contributed by atoms with van der Waals surface area (Å²) in [5.41, 5.74) is 0.700. The van der Waals surface area contributed by atoms with Crippen LogP contribution >= 0.6 is 27.7 Å². The number of anilines is 1. The molecule has 0 radical (unpaired) electrons. The molecule has 242 valence electrons. The molecule has 3 heterocycles. The number of carbonyl (C=O) groups is 3. The van der Waals surface area contributed by atoms with E-state index in [2.05, 4.69) is 36.0 Å². The molecule has 3 fully saturated rings. The number of likely N-dealkylation sites (tertiary alicyclic amines) is 1. The van der Waals surface area contributed by atoms with Gasteiger partial charge in [-0.3, -0.25) is 14.4 Å². The summed E-state index contributed by atoms with van der Waals surface area (Å²) in [5.74, 6) is -1.11. The van der Waals surface area contributed by atoms with Crippen molar-refractivity contribution in [2.75, 3.05) is 37.7 Å². The number of unbranched alkanes of at least 4 members (excludes halogenated alkanes) is 1. The van der Waals surface area contributed by atoms with Crippen LogP contribution < -0.4 is 9.64 Å². The lowest BCUT2D eigenvalue weighted by Crippen LogP contribution is -2.59. The van der Waals surface area contributed by atoms with Crippen LogP contribution in [0.2, 0.25) is 0 Å². The molecule has 0 saturated carbocycles. The van der Waals surface area contributed by atoms with Crippen LogP contribution in [0.3, 0.4) is 0 Å². The van der Waals surface area contributed by atoms with Crippen LogP contribution in [0, 0.1) is 17.8 Å². The summed E-state index contributed by atoms with van der Waals surface area (Å²) >= 11 is 5.51. The first-order valence-corrected chi connectivity index (χ1v) is 17.7. The molecule has 1 aromatic carbocycles. The van der Waals surface area contributed by atoms with E-state index in [0.717, 1.165) is 19.3 Å². The number of hydrogen-bond donors (Lipinski definition) is 1. The SMILES string of the molecule is C=CCN(CCCC)C(=O)C1N([C@@H](CO)[C@@H](C)CC)C(=O)[C@@H]2[C@@H](C(=O)N(CC=C)c3ccc(OCC)cc3)[C@@H]3SC12CC3Br. The molecule has 3 amide bonds. The molecule has 3 aliphatic heterocycles. The van der Waals surface area contributed by atoms with Gasteiger partial charge in [-0.1, -0.05) is 61.7 Å². The van der Waals surface area contributed by atoms with Gasteiger partial charge in [0.05, 0.1) is 35.8 Å². The molecule has 8 atom stereocenters. The highest BCUT2D eigenvalue weighted by Crippen LogP contribution is 2.68. The quantitative estimate of drug-likeness (QED) is 0.187. The van der Waals surface area contributed by atoms with Crippen LogP contribution in [0.4, 0.5) is 5.69 Å². The van der Waals surface area contributed by atoms with Crippen LogP contribution in [0.25, 0.3) is 0 Å². The number of hydrogen-bond acceptors (Lipinski definition) is 6. The molecule has 8 nitrogen and oxygen atoms in total. The van der Waals surface area contributed by atoms with E-state index < -0.39 is 28.7 Å². The predicted molar refractivity (Wildman–Crippen MR) is 181 cm³/mol. The Morgan fingerprint density at radius 2 is 1.86 bits per heavy atom. The van der Waals surface area contributed by atoms with Crippen LogP contribution in [0.15, 0.2) is 49.6 Å². The van der Waals surface area contributed by atoms with Gasteiger partial charge in [0, 0.05) is 35.4 Å². The van der Waals surface area contributed by atoms with Crippen molar-refractivity contribution in [3.63, 3.8) is 0 Å². The van der Waals surface area contributed by atoms with Crippen molar-refractivity contribution in [3.8, 4) is 5.75 Å². The van der Waals surface area contributed by atoms with Gasteiger partial charge in [0.15, 0.2) is 0 Å². The van der Waals surface area contributed by atoms with E-state index in [-0.39, 0.29) is 46.9 Å². The molecule has 0 aliphatic carbocycles. The highest BCUT2D eigenvalue weighted by Gasteiger charge is 2.76. The molecular formula is C34H48BrN3O5S. The summed E-state index contributed by atoms with van der Waals surface area (Å²) in [6.45, 7) is 17.4. The van der Waals surface area contributed by atoms with Crippen molar-refractivity contribution in [2.45, 2.75) is 80.3 Å². The molecule has 2 bridgehead atoms. The predicted octanol–water partition coefficient (Wildman–Crippen LogP) is 5.29. The molecule has 1 spiro atoms. The Labute approximate surface area is 275 Å². The second-order valence-corrected chi connectivity index (χ2v) is 14.9. The Hall–Kier alpha value is -2.30. The van der Waals surface area contributed by atoms with E-state index in [1.807, 2.05) is 45.0 Å². The van der Waals surface area contributed by atoms with Gasteiger partial charge in [-0.05, 0) is 49.9 Å². The summed E-state index contributed by atoms with van der Waals surface area (Å²) in [4.78, 5) is 49.2. The fraction of sp³-hybridized carbons (Fsp3) is 0.618. The maximum absolute atomic E-state index is 14.7. The van der Waals surface area contributed by atoms with Crippen molar-refractivity contribution < 1.29 is 24.2 Å². The Morgan fingerprint density at radius 1 is 1.18 bits per heavy atom. The maximum atomic E-state index is 14.7. The third kappa shape index (κ3) is 6.10. The van der Waals surface area contributed by atoms with E-state index in [9.17, 15) is 19.5 Å². The maximum Gasteiger partial charge on any atom is 0.247 e. The molecule has 0 aromatic heterocycles. The van der Waals surface area contributed by atoms with Gasteiger partial charge in [0.2, 0.25) is 17.7 Å². The van der Waals surface area contributed by atoms with E-state index in [0.29, 0.717) is 37.6 Å². The first-order valence-electron chi connectivity index (χ1n) is 15.9. The molecule has 44 heavy (non-hydrogen) atoms. The number of benzene rings is 1. The van der Waals surface area contributed by atoms with Crippen LogP contribution in [-0.2, 0) is 14.4 Å². The number of nitrogens with zero attached hydrogens (tertiary/aromatic N) is 3. The van der Waals surface area contributed by atoms with Gasteiger partial charge in [-0.15, -0.1) is 24.9 Å². The number of ether oxygens (including phenoxy) is 1. The zero-order chi connectivity index (χ0) is 32.2. The van der Waals surface area contributed by atoms with Crippen molar-refractivity contribution in [2.24, 2.45) is 17.8 Å². The van der Waals surface area contributed by atoms with Crippen LogP contribution in [0.5, 0.6) is 5.75 Å². The minimum atomic E-state index is -0.793. The fourth-order valence-electron chi connectivity index (χ4n) is 7.29. The number of aliphatic hydroxyl groups excluding tert-OH is 1. The topological polar surface area (TPSA) is 90.4 Å². The number of carbonyl (C=O) groups excluding carboxylic acids is 3. The van der Waals surface area contributed by atoms with Crippen molar-refractivity contribution in [1.29, 1.82) is 0 Å². The van der Waals surface area contributed by atoms with Crippen molar-refractivity contribution >= 4 is 51.1 Å². The number of halogens is 1. The molecule has 3 saturated heterocycles. The summed E-state index contributed by atoms with van der Waals surface area (Å²) < 4.78 is 4.81. The van der Waals surface area contributed by atoms with Gasteiger partial charge in [-0.2, -0.15) is 0 Å². The zero-order valence-electron chi connectivity index (χ0n) is 26.5. The number of thioether (sulfide) groups is 1. The molecular weight excluding hydrogens is 642 g/mol. The first kappa shape index (κ1) is 34.6. The number of fused-ring (bicyclic) bond motifs is 1. The number of rotatable bonds is 16. The van der Waals surface area contributed by atoms with E-state index in [1.54, 1.807) is 38.6 Å². The number of alkyl halides is 1. The molecule has 10 heteroatoms. The monoisotopic (exact) mass is 689 g/mol. The van der Waals surface area contributed by atoms with E-state index in [4.69, 9.17) is 4.74 Å². The minimum Gasteiger partial charge on any atom is -0.494 e. The lowest BCUT2D eigenvalue weighted by Gasteiger charge is -2.41. The molecule has 1 aromatic rings. The fourth-order valence-corrected chi connectivity index (χ4v) is 10.9. The molecule has 1 N–H and O–H groups in total. The van der Waals surface area contributed by atoms with Crippen molar-refractivity contribution in [3.05, 3.63) is 49.6 Å². The zero-order valence-corrected chi connectivity index (χ0v) is 28.9. The minimum absolute atomic E-state index is 0.0322. The van der Waals surface area contributed by atoms with Gasteiger partial charge < -0.3 is 24.5 Å². The lowest BCUT2D eigenvalue weighted by molar-refractivity contribution is -0.146. The summed E-state index contributed by atoms with van der Waals surface area (Å²) in [6.07, 6.45) is 6.51. The smallest absolute Gasteiger partial charge is 0.247 e. The largest absolute Gasteiger partial charge is 0.494 e. The third-order valence-electron chi connectivity index (χ3n) is 9.57. The average molecular weight is 691 g/mol. The van der Waals surface area contributed by atoms with Gasteiger partial charge in [-0.25, -0.2) is 0 Å². The molecule has 3 aliphatic rings. The number of aliphatic hydroxyl groups is 1. The number of amides is 3. The second-order valence-electron chi connectivity index (χ2n) is 12.1. The Bertz CT molecular complexity index is 1210. The highest BCUT2D eigenvalue weighted by atomic mass is 79.9. The van der Waals surface area contributed by atoms with Crippen LogP contribution in [0.1, 0.15) is 53.4 Å². The molecule has 3 unspecified atom stereocenters. The molecule has 4 rings (SSSR count). The van der Waals surface area contributed by atoms with Crippen LogP contribution in [-0.4, -0.2) is 92.4 Å². The van der Waals surface area contributed by atoms with E-state index >= 15 is 0 Å². The summed E-state index contributed by atoms with van der Waals surface area (Å²) in [5, 5.41) is 10.5. The summed E-state index contributed by atoms with van der Waals surface area (Å²) in [6, 6.07) is 6.08. The highest BCUT2D eigenvalue weighted by molar-refractivity contribution is 9.09. The van der Waals surface area contributed by atoms with E-state index in [1.165, 1.54) is 0 Å². The normalized spacial score (nSPS) is 28.4. The van der Waals surface area contributed by atoms with Crippen molar-refractivity contribution in [1.82, 2.24) is 9.80 Å². The van der Waals surface area contributed by atoms with Gasteiger partial charge >= 0.3 is 0 Å². The Kier molecular flexibility index (Phi) is 11.7. The Balaban J connectivity index is 1.81. The third-order valence-corrected chi connectivity index (χ3v) is 12.8. The second kappa shape index (κ2) is 14.9. The summed E-state index contributed by atoms with van der Waals surface area (Å²) in [7, 11) is 0. The van der Waals surface area contributed by atoms with Gasteiger partial charge in [0.25, 0.3) is 0 Å². The Morgan fingerprint density at radius 3 is 2.43 bits per heavy atom. The average Bonchev–Trinajstić information content (AvgIpc) is 3.61. The van der Waals surface area contributed by atoms with Gasteiger partial charge in [0.1, 0.15) is 11.8 Å².